The molecule has 0 aliphatic carbocycles. The summed E-state index contributed by atoms with van der Waals surface area (Å²) in [6, 6.07) is 0. The first-order valence-corrected chi connectivity index (χ1v) is 2.83. The van der Waals surface area contributed by atoms with E-state index in [9.17, 15) is 4.79 Å². The highest BCUT2D eigenvalue weighted by atomic mass is 16.7. The molecule has 0 aliphatic rings. The average molecular weight is 149 g/mol. The van der Waals surface area contributed by atoms with Gasteiger partial charge in [-0.25, -0.2) is 10.7 Å². The molecule has 10 heavy (non-hydrogen) atoms. The maximum absolute atomic E-state index is 10.3. The molecule has 0 radical (unpaired) electrons. The largest absolute Gasteiger partial charge is 0.507 e. The molecule has 0 bridgehead atoms. The molecule has 0 rings (SSSR count). The molecule has 0 fully saturated rings. The third kappa shape index (κ3) is 5.33. The summed E-state index contributed by atoms with van der Waals surface area (Å²) >= 11 is 0. The maximum Gasteiger partial charge on any atom is 0.507 e. The van der Waals surface area contributed by atoms with Crippen molar-refractivity contribution in [3.8, 4) is 0 Å². The molecule has 0 aromatic rings. The fourth-order valence-corrected chi connectivity index (χ4v) is 0.357. The van der Waals surface area contributed by atoms with Crippen LogP contribution >= 0.6 is 0 Å². The van der Waals surface area contributed by atoms with Crippen LogP contribution in [0.2, 0.25) is 0 Å². The normalized spacial score (nSPS) is 9.00. The van der Waals surface area contributed by atoms with Gasteiger partial charge in [0, 0.05) is 6.42 Å². The lowest BCUT2D eigenvalue weighted by atomic mass is 10.5. The zero-order valence-corrected chi connectivity index (χ0v) is 5.83. The van der Waals surface area contributed by atoms with Gasteiger partial charge in [-0.05, 0) is 0 Å². The zero-order chi connectivity index (χ0) is 7.82. The highest BCUT2D eigenvalue weighted by Gasteiger charge is 1.97. The Hall–Kier alpha value is -0.810. The smallest absolute Gasteiger partial charge is 0.438 e. The number of carbonyl (C=O) groups is 1. The fourth-order valence-electron chi connectivity index (χ4n) is 0.357. The van der Waals surface area contributed by atoms with Gasteiger partial charge in [0.2, 0.25) is 0 Å². The molecule has 5 heteroatoms. The third-order valence-electron chi connectivity index (χ3n) is 0.793. The molecule has 0 atom stereocenters. The van der Waals surface area contributed by atoms with E-state index in [0.717, 1.165) is 0 Å². The summed E-state index contributed by atoms with van der Waals surface area (Å²) < 4.78 is 8.69. The van der Waals surface area contributed by atoms with Crippen LogP contribution in [0.5, 0.6) is 0 Å². The molecule has 0 spiro atoms. The monoisotopic (exact) mass is 149 g/mol. The molecule has 0 aliphatic heterocycles. The Morgan fingerprint density at radius 2 is 2.20 bits per heavy atom. The lowest BCUT2D eigenvalue weighted by molar-refractivity contribution is 0.0590. The summed E-state index contributed by atoms with van der Waals surface area (Å²) in [4.78, 5) is 14.5. The highest BCUT2D eigenvalue weighted by Crippen LogP contribution is 1.85. The van der Waals surface area contributed by atoms with E-state index in [1.807, 2.05) is 0 Å². The topological polar surface area (TPSA) is 70.8 Å². The number of carbonyl (C=O) groups excluding carboxylic acids is 1. The van der Waals surface area contributed by atoms with Gasteiger partial charge in [-0.2, -0.15) is 0 Å². The second kappa shape index (κ2) is 6.31. The number of hydrogen-bond acceptors (Lipinski definition) is 5. The minimum Gasteiger partial charge on any atom is -0.438 e. The molecule has 0 unspecified atom stereocenters. The van der Waals surface area contributed by atoms with Crippen molar-refractivity contribution >= 4 is 6.16 Å². The Bertz CT molecular complexity index is 95.6. The first-order valence-electron chi connectivity index (χ1n) is 2.83. The molecule has 0 aromatic carbocycles. The number of methoxy groups -OCH3 is 1. The standard InChI is InChI=1S/C5H11NO4/c1-8-5(7)9-3-2-4-10-6/h2-4,6H2,1H3. The van der Waals surface area contributed by atoms with E-state index < -0.39 is 6.16 Å². The highest BCUT2D eigenvalue weighted by molar-refractivity contribution is 5.59. The van der Waals surface area contributed by atoms with Crippen LogP contribution in [0, 0.1) is 0 Å². The minimum absolute atomic E-state index is 0.268. The Labute approximate surface area is 59.0 Å². The molecule has 2 N–H and O–H groups in total. The fraction of sp³-hybridized carbons (Fsp3) is 0.800. The van der Waals surface area contributed by atoms with Crippen molar-refractivity contribution in [2.75, 3.05) is 20.3 Å². The van der Waals surface area contributed by atoms with Crippen LogP contribution in [0.3, 0.4) is 0 Å². The number of nitrogens with two attached hydrogens (primary N) is 1. The van der Waals surface area contributed by atoms with Gasteiger partial charge in [0.05, 0.1) is 20.3 Å². The first kappa shape index (κ1) is 9.19. The molecule has 0 saturated carbocycles. The van der Waals surface area contributed by atoms with Crippen LogP contribution in [0.1, 0.15) is 6.42 Å². The Kier molecular flexibility index (Phi) is 5.80. The number of hydrogen-bond donors (Lipinski definition) is 1. The second-order valence-electron chi connectivity index (χ2n) is 1.53. The summed E-state index contributed by atoms with van der Waals surface area (Å²) in [6.45, 7) is 0.640. The summed E-state index contributed by atoms with van der Waals surface area (Å²) in [7, 11) is 1.25. The van der Waals surface area contributed by atoms with Crippen LogP contribution in [0.4, 0.5) is 4.79 Å². The van der Waals surface area contributed by atoms with Crippen molar-refractivity contribution < 1.29 is 19.1 Å². The summed E-state index contributed by atoms with van der Waals surface area (Å²) in [5.74, 6) is 4.71. The third-order valence-corrected chi connectivity index (χ3v) is 0.793. The quantitative estimate of drug-likeness (QED) is 0.347. The Morgan fingerprint density at radius 1 is 1.50 bits per heavy atom. The van der Waals surface area contributed by atoms with E-state index in [1.54, 1.807) is 0 Å². The Morgan fingerprint density at radius 3 is 2.70 bits per heavy atom. The predicted molar refractivity (Wildman–Crippen MR) is 33.1 cm³/mol. The van der Waals surface area contributed by atoms with Crippen LogP contribution in [-0.2, 0) is 14.3 Å². The lowest BCUT2D eigenvalue weighted by Crippen LogP contribution is -2.09. The van der Waals surface area contributed by atoms with Crippen molar-refractivity contribution in [3.63, 3.8) is 0 Å². The Balaban J connectivity index is 2.96. The second-order valence-corrected chi connectivity index (χ2v) is 1.53. The van der Waals surface area contributed by atoms with Crippen molar-refractivity contribution in [2.24, 2.45) is 5.90 Å². The van der Waals surface area contributed by atoms with Gasteiger partial charge in [0.25, 0.3) is 0 Å². The van der Waals surface area contributed by atoms with Gasteiger partial charge < -0.3 is 14.3 Å². The van der Waals surface area contributed by atoms with Crippen molar-refractivity contribution in [3.05, 3.63) is 0 Å². The van der Waals surface area contributed by atoms with Gasteiger partial charge in [-0.3, -0.25) is 0 Å². The van der Waals surface area contributed by atoms with E-state index in [0.29, 0.717) is 13.0 Å². The van der Waals surface area contributed by atoms with Gasteiger partial charge in [0.15, 0.2) is 0 Å². The SMILES string of the molecule is COC(=O)OCCCON. The van der Waals surface area contributed by atoms with Crippen LogP contribution in [0.25, 0.3) is 0 Å². The van der Waals surface area contributed by atoms with Crippen molar-refractivity contribution in [1.82, 2.24) is 0 Å². The van der Waals surface area contributed by atoms with Crippen LogP contribution in [-0.4, -0.2) is 26.5 Å². The molecular weight excluding hydrogens is 138 g/mol. The summed E-state index contributed by atoms with van der Waals surface area (Å²) in [5.41, 5.74) is 0. The van der Waals surface area contributed by atoms with E-state index in [2.05, 4.69) is 14.3 Å². The molecular formula is C5H11NO4. The molecule has 5 nitrogen and oxygen atoms in total. The van der Waals surface area contributed by atoms with Gasteiger partial charge in [-0.15, -0.1) is 0 Å². The van der Waals surface area contributed by atoms with Crippen LogP contribution in [0.15, 0.2) is 0 Å². The van der Waals surface area contributed by atoms with Crippen LogP contribution < -0.4 is 5.90 Å². The summed E-state index contributed by atoms with van der Waals surface area (Å²) in [5, 5.41) is 0. The predicted octanol–water partition coefficient (Wildman–Crippen LogP) is 0.0498. The first-order chi connectivity index (χ1) is 4.81. The van der Waals surface area contributed by atoms with E-state index in [-0.39, 0.29) is 6.61 Å². The molecule has 0 aromatic heterocycles. The minimum atomic E-state index is -0.683. The number of ether oxygens (including phenoxy) is 2. The lowest BCUT2D eigenvalue weighted by Gasteiger charge is -2.00. The van der Waals surface area contributed by atoms with E-state index in [1.165, 1.54) is 7.11 Å². The number of rotatable bonds is 4. The maximum atomic E-state index is 10.3. The molecule has 0 amide bonds. The zero-order valence-electron chi connectivity index (χ0n) is 5.83. The van der Waals surface area contributed by atoms with E-state index in [4.69, 9.17) is 5.90 Å². The molecule has 60 valence electrons. The van der Waals surface area contributed by atoms with Crippen molar-refractivity contribution in [1.29, 1.82) is 0 Å². The van der Waals surface area contributed by atoms with Gasteiger partial charge in [0.1, 0.15) is 0 Å². The van der Waals surface area contributed by atoms with E-state index >= 15 is 0 Å². The van der Waals surface area contributed by atoms with Crippen molar-refractivity contribution in [2.45, 2.75) is 6.42 Å². The summed E-state index contributed by atoms with van der Waals surface area (Å²) in [6.07, 6.45) is -0.108. The van der Waals surface area contributed by atoms with Gasteiger partial charge >= 0.3 is 6.16 Å². The average Bonchev–Trinajstić information content (AvgIpc) is 1.98. The van der Waals surface area contributed by atoms with Gasteiger partial charge in [-0.1, -0.05) is 0 Å². The molecule has 0 heterocycles. The molecule has 0 saturated heterocycles.